The Kier molecular flexibility index (Phi) is 3.55. The van der Waals surface area contributed by atoms with E-state index >= 15 is 0 Å². The molecular weight excluding hydrogens is 328 g/mol. The number of amides is 1. The van der Waals surface area contributed by atoms with E-state index in [1.54, 1.807) is 8.99 Å². The summed E-state index contributed by atoms with van der Waals surface area (Å²) in [6.07, 6.45) is 7.28. The van der Waals surface area contributed by atoms with Crippen molar-refractivity contribution in [2.45, 2.75) is 48.8 Å². The highest BCUT2D eigenvalue weighted by Gasteiger charge is 2.54. The highest BCUT2D eigenvalue weighted by molar-refractivity contribution is 7.90. The van der Waals surface area contributed by atoms with Gasteiger partial charge in [-0.2, -0.15) is 5.10 Å². The number of sulfonamides is 1. The zero-order valence-corrected chi connectivity index (χ0v) is 15.0. The van der Waals surface area contributed by atoms with E-state index in [9.17, 15) is 13.2 Å². The van der Waals surface area contributed by atoms with Crippen LogP contribution in [0.3, 0.4) is 0 Å². The maximum absolute atomic E-state index is 12.5. The van der Waals surface area contributed by atoms with Gasteiger partial charge in [0.2, 0.25) is 15.9 Å². The summed E-state index contributed by atoms with van der Waals surface area (Å²) in [5.74, 6) is 0.233. The molecule has 2 aliphatic heterocycles. The van der Waals surface area contributed by atoms with Gasteiger partial charge in [0.1, 0.15) is 0 Å². The van der Waals surface area contributed by atoms with E-state index in [-0.39, 0.29) is 22.6 Å². The quantitative estimate of drug-likeness (QED) is 0.802. The fourth-order valence-corrected chi connectivity index (χ4v) is 6.27. The number of likely N-dealkylation sites (N-methyl/N-ethyl adjacent to an activating group) is 1. The van der Waals surface area contributed by atoms with Crippen molar-refractivity contribution >= 4 is 15.9 Å². The molecule has 1 spiro atoms. The monoisotopic (exact) mass is 352 g/mol. The number of hydrogen-bond donors (Lipinski definition) is 0. The molecule has 3 aliphatic rings. The molecule has 1 atom stereocenters. The molecule has 0 radical (unpaired) electrons. The molecule has 1 aromatic heterocycles. The van der Waals surface area contributed by atoms with Crippen molar-refractivity contribution in [2.75, 3.05) is 20.1 Å². The lowest BCUT2D eigenvalue weighted by atomic mass is 9.75. The number of carbonyl (C=O) groups excluding carboxylic acids is 1. The predicted molar refractivity (Wildman–Crippen MR) is 88.8 cm³/mol. The van der Waals surface area contributed by atoms with Crippen LogP contribution >= 0.6 is 0 Å². The normalized spacial score (nSPS) is 28.0. The Bertz CT molecular complexity index is 760. The first kappa shape index (κ1) is 16.1. The van der Waals surface area contributed by atoms with Crippen LogP contribution in [0.4, 0.5) is 0 Å². The molecule has 0 aromatic carbocycles. The Morgan fingerprint density at radius 1 is 1.21 bits per heavy atom. The number of aromatic nitrogens is 2. The summed E-state index contributed by atoms with van der Waals surface area (Å²) in [6, 6.07) is 0. The zero-order valence-electron chi connectivity index (χ0n) is 14.2. The van der Waals surface area contributed by atoms with Crippen LogP contribution in [0.15, 0.2) is 12.4 Å². The lowest BCUT2D eigenvalue weighted by Crippen LogP contribution is -2.55. The summed E-state index contributed by atoms with van der Waals surface area (Å²) < 4.78 is 28.4. The second kappa shape index (κ2) is 5.29. The average molecular weight is 352 g/mol. The first-order chi connectivity index (χ1) is 11.3. The fraction of sp³-hybridized carbons (Fsp3) is 0.750. The highest BCUT2D eigenvalue weighted by Crippen LogP contribution is 2.48. The zero-order chi connectivity index (χ0) is 17.1. The van der Waals surface area contributed by atoms with Crippen molar-refractivity contribution in [3.05, 3.63) is 18.0 Å². The topological polar surface area (TPSA) is 75.5 Å². The second-order valence-corrected chi connectivity index (χ2v) is 9.62. The van der Waals surface area contributed by atoms with Gasteiger partial charge in [-0.05, 0) is 31.2 Å². The molecule has 0 N–H and O–H groups in total. The molecule has 1 amide bonds. The number of carbonyl (C=O) groups is 1. The van der Waals surface area contributed by atoms with Crippen LogP contribution in [-0.2, 0) is 21.9 Å². The van der Waals surface area contributed by atoms with E-state index in [0.717, 1.165) is 18.4 Å². The summed E-state index contributed by atoms with van der Waals surface area (Å²) in [5, 5.41) is 4.09. The van der Waals surface area contributed by atoms with E-state index in [4.69, 9.17) is 0 Å². The van der Waals surface area contributed by atoms with Crippen LogP contribution in [0, 0.1) is 0 Å². The highest BCUT2D eigenvalue weighted by atomic mass is 32.2. The number of hydrogen-bond acceptors (Lipinski definition) is 4. The molecule has 4 rings (SSSR count). The minimum atomic E-state index is -3.13. The Morgan fingerprint density at radius 3 is 2.42 bits per heavy atom. The third-order valence-corrected chi connectivity index (χ3v) is 8.49. The predicted octanol–water partition coefficient (Wildman–Crippen LogP) is 0.693. The number of likely N-dealkylation sites (tertiary alicyclic amines) is 1. The van der Waals surface area contributed by atoms with Gasteiger partial charge in [-0.1, -0.05) is 0 Å². The Morgan fingerprint density at radius 2 is 1.88 bits per heavy atom. The summed E-state index contributed by atoms with van der Waals surface area (Å²) in [6.45, 7) is 1.01. The van der Waals surface area contributed by atoms with Gasteiger partial charge >= 0.3 is 0 Å². The number of rotatable bonds is 3. The van der Waals surface area contributed by atoms with Crippen LogP contribution in [0.2, 0.25) is 0 Å². The molecule has 2 saturated heterocycles. The molecule has 0 bridgehead atoms. The molecule has 0 unspecified atom stereocenters. The van der Waals surface area contributed by atoms with E-state index in [2.05, 4.69) is 5.10 Å². The molecule has 8 heteroatoms. The summed E-state index contributed by atoms with van der Waals surface area (Å²) in [4.78, 5) is 14.3. The molecule has 7 nitrogen and oxygen atoms in total. The van der Waals surface area contributed by atoms with Crippen LogP contribution in [0.1, 0.15) is 43.6 Å². The SMILES string of the molecule is CN1C(=O)C[C@@H](c2cnn(C)c2)C12CCN(S(=O)(=O)C1CC1)CC2. The van der Waals surface area contributed by atoms with Gasteiger partial charge in [-0.15, -0.1) is 0 Å². The lowest BCUT2D eigenvalue weighted by molar-refractivity contribution is -0.130. The van der Waals surface area contributed by atoms with E-state index in [1.165, 1.54) is 0 Å². The first-order valence-corrected chi connectivity index (χ1v) is 10.1. The largest absolute Gasteiger partial charge is 0.339 e. The van der Waals surface area contributed by atoms with Gasteiger partial charge in [0.05, 0.1) is 17.0 Å². The second-order valence-electron chi connectivity index (χ2n) is 7.40. The molecule has 3 heterocycles. The van der Waals surface area contributed by atoms with Gasteiger partial charge in [-0.3, -0.25) is 9.48 Å². The molecule has 3 fully saturated rings. The fourth-order valence-electron chi connectivity index (χ4n) is 4.42. The lowest BCUT2D eigenvalue weighted by Gasteiger charge is -2.46. The molecule has 1 aliphatic carbocycles. The van der Waals surface area contributed by atoms with Gasteiger partial charge < -0.3 is 4.90 Å². The van der Waals surface area contributed by atoms with Crippen LogP contribution in [0.25, 0.3) is 0 Å². The number of nitrogens with zero attached hydrogens (tertiary/aromatic N) is 4. The standard InChI is InChI=1S/C16H24N4O3S/c1-18-11-12(10-17-18)14-9-15(21)19(2)16(14)5-7-20(8-6-16)24(22,23)13-3-4-13/h10-11,13-14H,3-9H2,1-2H3/t14-/m0/s1. The minimum absolute atomic E-state index is 0.0921. The van der Waals surface area contributed by atoms with Gasteiger partial charge in [0, 0.05) is 45.7 Å². The van der Waals surface area contributed by atoms with E-state index in [1.807, 2.05) is 31.4 Å². The molecule has 1 aromatic rings. The van der Waals surface area contributed by atoms with Crippen molar-refractivity contribution < 1.29 is 13.2 Å². The summed E-state index contributed by atoms with van der Waals surface area (Å²) in [7, 11) is 0.611. The number of aryl methyl sites for hydroxylation is 1. The van der Waals surface area contributed by atoms with Crippen molar-refractivity contribution in [3.8, 4) is 0 Å². The summed E-state index contributed by atoms with van der Waals surface area (Å²) in [5.41, 5.74) is 0.795. The van der Waals surface area contributed by atoms with E-state index in [0.29, 0.717) is 32.4 Å². The third kappa shape index (κ3) is 2.30. The molecular formula is C16H24N4O3S. The van der Waals surface area contributed by atoms with Crippen LogP contribution < -0.4 is 0 Å². The van der Waals surface area contributed by atoms with Crippen molar-refractivity contribution in [2.24, 2.45) is 7.05 Å². The first-order valence-electron chi connectivity index (χ1n) is 8.59. The molecule has 132 valence electrons. The van der Waals surface area contributed by atoms with Crippen LogP contribution in [-0.4, -0.2) is 64.2 Å². The van der Waals surface area contributed by atoms with Gasteiger partial charge in [0.25, 0.3) is 0 Å². The Hall–Kier alpha value is -1.41. The van der Waals surface area contributed by atoms with Crippen molar-refractivity contribution in [1.82, 2.24) is 19.0 Å². The Labute approximate surface area is 142 Å². The maximum atomic E-state index is 12.5. The summed E-state index contributed by atoms with van der Waals surface area (Å²) >= 11 is 0. The molecule has 24 heavy (non-hydrogen) atoms. The third-order valence-electron chi connectivity index (χ3n) is 6.09. The Balaban J connectivity index is 1.60. The van der Waals surface area contributed by atoms with E-state index < -0.39 is 10.0 Å². The van der Waals surface area contributed by atoms with Crippen molar-refractivity contribution in [1.29, 1.82) is 0 Å². The molecule has 1 saturated carbocycles. The maximum Gasteiger partial charge on any atom is 0.223 e. The minimum Gasteiger partial charge on any atom is -0.339 e. The smallest absolute Gasteiger partial charge is 0.223 e. The van der Waals surface area contributed by atoms with Gasteiger partial charge in [0.15, 0.2) is 0 Å². The van der Waals surface area contributed by atoms with Crippen molar-refractivity contribution in [3.63, 3.8) is 0 Å². The average Bonchev–Trinajstić information content (AvgIpc) is 3.30. The van der Waals surface area contributed by atoms with Gasteiger partial charge in [-0.25, -0.2) is 12.7 Å². The van der Waals surface area contributed by atoms with Crippen LogP contribution in [0.5, 0.6) is 0 Å². The number of piperidine rings is 1.